The van der Waals surface area contributed by atoms with E-state index in [9.17, 15) is 19.3 Å². The zero-order valence-electron chi connectivity index (χ0n) is 10.2. The number of nitrogens with one attached hydrogen (secondary N) is 1. The largest absolute Gasteiger partial charge is 0.398 e. The third kappa shape index (κ3) is 2.72. The number of carbonyl (C=O) groups excluding carboxylic acids is 1. The van der Waals surface area contributed by atoms with Crippen LogP contribution >= 0.6 is 0 Å². The van der Waals surface area contributed by atoms with Gasteiger partial charge in [-0.05, 0) is 24.3 Å². The van der Waals surface area contributed by atoms with Crippen LogP contribution in [0.5, 0.6) is 0 Å². The van der Waals surface area contributed by atoms with Crippen LogP contribution in [0.1, 0.15) is 10.4 Å². The van der Waals surface area contributed by atoms with Crippen LogP contribution in [0, 0.1) is 15.9 Å². The third-order valence-corrected chi connectivity index (χ3v) is 2.61. The van der Waals surface area contributed by atoms with Crippen molar-refractivity contribution >= 4 is 23.0 Å². The molecule has 102 valence electrons. The fourth-order valence-corrected chi connectivity index (χ4v) is 1.67. The van der Waals surface area contributed by atoms with Gasteiger partial charge in [0.2, 0.25) is 0 Å². The van der Waals surface area contributed by atoms with Gasteiger partial charge in [-0.25, -0.2) is 4.39 Å². The first-order valence-electron chi connectivity index (χ1n) is 5.59. The molecule has 3 N–H and O–H groups in total. The van der Waals surface area contributed by atoms with E-state index in [1.807, 2.05) is 0 Å². The molecule has 1 amide bonds. The van der Waals surface area contributed by atoms with E-state index in [0.29, 0.717) is 0 Å². The van der Waals surface area contributed by atoms with E-state index in [2.05, 4.69) is 5.32 Å². The summed E-state index contributed by atoms with van der Waals surface area (Å²) in [4.78, 5) is 22.2. The summed E-state index contributed by atoms with van der Waals surface area (Å²) in [6, 6.07) is 9.02. The lowest BCUT2D eigenvalue weighted by molar-refractivity contribution is -0.383. The van der Waals surface area contributed by atoms with Crippen molar-refractivity contribution in [2.45, 2.75) is 0 Å². The summed E-state index contributed by atoms with van der Waals surface area (Å²) in [6.45, 7) is 0. The van der Waals surface area contributed by atoms with Gasteiger partial charge in [0.25, 0.3) is 11.6 Å². The zero-order chi connectivity index (χ0) is 14.7. The number of halogens is 1. The molecule has 2 aromatic carbocycles. The normalized spacial score (nSPS) is 10.1. The van der Waals surface area contributed by atoms with E-state index >= 15 is 0 Å². The number of hydrogen-bond acceptors (Lipinski definition) is 4. The fraction of sp³-hybridized carbons (Fsp3) is 0. The Balaban J connectivity index is 2.30. The second-order valence-corrected chi connectivity index (χ2v) is 3.96. The van der Waals surface area contributed by atoms with Gasteiger partial charge in [-0.1, -0.05) is 12.1 Å². The Morgan fingerprint density at radius 2 is 1.95 bits per heavy atom. The van der Waals surface area contributed by atoms with Gasteiger partial charge < -0.3 is 11.1 Å². The number of hydrogen-bond donors (Lipinski definition) is 2. The molecule has 0 aliphatic rings. The van der Waals surface area contributed by atoms with E-state index in [0.717, 1.165) is 12.1 Å². The predicted octanol–water partition coefficient (Wildman–Crippen LogP) is 2.57. The van der Waals surface area contributed by atoms with Crippen LogP contribution in [0.15, 0.2) is 42.5 Å². The molecule has 2 aromatic rings. The predicted molar refractivity (Wildman–Crippen MR) is 71.9 cm³/mol. The van der Waals surface area contributed by atoms with Crippen molar-refractivity contribution in [3.05, 3.63) is 64.0 Å². The highest BCUT2D eigenvalue weighted by molar-refractivity contribution is 6.08. The number of para-hydroxylation sites is 2. The van der Waals surface area contributed by atoms with Crippen molar-refractivity contribution < 1.29 is 14.1 Å². The molecule has 0 heterocycles. The molecule has 0 aliphatic heterocycles. The molecule has 0 aromatic heterocycles. The van der Waals surface area contributed by atoms with Gasteiger partial charge in [-0.2, -0.15) is 0 Å². The summed E-state index contributed by atoms with van der Waals surface area (Å²) >= 11 is 0. The van der Waals surface area contributed by atoms with Crippen LogP contribution in [0.25, 0.3) is 0 Å². The van der Waals surface area contributed by atoms with E-state index in [4.69, 9.17) is 5.73 Å². The van der Waals surface area contributed by atoms with E-state index in [-0.39, 0.29) is 22.6 Å². The highest BCUT2D eigenvalue weighted by Crippen LogP contribution is 2.24. The Morgan fingerprint density at radius 1 is 1.25 bits per heavy atom. The molecule has 7 heteroatoms. The smallest absolute Gasteiger partial charge is 0.292 e. The number of benzene rings is 2. The maximum absolute atomic E-state index is 12.9. The van der Waals surface area contributed by atoms with Crippen molar-refractivity contribution in [2.75, 3.05) is 11.1 Å². The van der Waals surface area contributed by atoms with Crippen LogP contribution < -0.4 is 11.1 Å². The fourth-order valence-electron chi connectivity index (χ4n) is 1.67. The first-order chi connectivity index (χ1) is 9.49. The summed E-state index contributed by atoms with van der Waals surface area (Å²) in [5.74, 6) is -1.21. The Kier molecular flexibility index (Phi) is 3.60. The molecule has 0 atom stereocenters. The molecule has 0 unspecified atom stereocenters. The third-order valence-electron chi connectivity index (χ3n) is 2.61. The van der Waals surface area contributed by atoms with Gasteiger partial charge in [0.1, 0.15) is 11.5 Å². The van der Waals surface area contributed by atoms with Gasteiger partial charge in [-0.3, -0.25) is 14.9 Å². The maximum atomic E-state index is 12.9. The molecule has 2 rings (SSSR count). The Morgan fingerprint density at radius 3 is 2.60 bits per heavy atom. The number of nitro benzene ring substituents is 1. The topological polar surface area (TPSA) is 98.3 Å². The van der Waals surface area contributed by atoms with Crippen molar-refractivity contribution in [2.24, 2.45) is 0 Å². The molecule has 0 aliphatic carbocycles. The van der Waals surface area contributed by atoms with Gasteiger partial charge in [0.15, 0.2) is 0 Å². The van der Waals surface area contributed by atoms with E-state index in [1.54, 1.807) is 6.07 Å². The van der Waals surface area contributed by atoms with E-state index < -0.39 is 16.6 Å². The van der Waals surface area contributed by atoms with Crippen LogP contribution in [0.3, 0.4) is 0 Å². The number of amides is 1. The Labute approximate surface area is 113 Å². The van der Waals surface area contributed by atoms with Gasteiger partial charge in [-0.15, -0.1) is 0 Å². The van der Waals surface area contributed by atoms with Crippen LogP contribution in [0.4, 0.5) is 21.5 Å². The Bertz CT molecular complexity index is 688. The molecule has 6 nitrogen and oxygen atoms in total. The SMILES string of the molecule is Nc1cc(F)ccc1C(=O)Nc1ccccc1[N+](=O)[O-]. The maximum Gasteiger partial charge on any atom is 0.292 e. The zero-order valence-corrected chi connectivity index (χ0v) is 10.2. The second kappa shape index (κ2) is 5.35. The summed E-state index contributed by atoms with van der Waals surface area (Å²) in [5.41, 5.74) is 5.36. The minimum absolute atomic E-state index is 0.0407. The monoisotopic (exact) mass is 275 g/mol. The highest BCUT2D eigenvalue weighted by atomic mass is 19.1. The minimum atomic E-state index is -0.642. The molecular formula is C13H10FN3O3. The quantitative estimate of drug-likeness (QED) is 0.511. The van der Waals surface area contributed by atoms with Crippen molar-refractivity contribution in [1.82, 2.24) is 0 Å². The van der Waals surface area contributed by atoms with Crippen molar-refractivity contribution in [3.8, 4) is 0 Å². The number of nitrogens with two attached hydrogens (primary N) is 1. The van der Waals surface area contributed by atoms with Gasteiger partial charge in [0, 0.05) is 11.8 Å². The number of anilines is 2. The van der Waals surface area contributed by atoms with Crippen LogP contribution in [-0.2, 0) is 0 Å². The van der Waals surface area contributed by atoms with Crippen LogP contribution in [0.2, 0.25) is 0 Å². The van der Waals surface area contributed by atoms with Gasteiger partial charge >= 0.3 is 0 Å². The molecule has 0 saturated carbocycles. The first-order valence-corrected chi connectivity index (χ1v) is 5.59. The molecule has 0 saturated heterocycles. The summed E-state index contributed by atoms with van der Waals surface area (Å²) < 4.78 is 12.9. The van der Waals surface area contributed by atoms with Crippen LogP contribution in [-0.4, -0.2) is 10.8 Å². The lowest BCUT2D eigenvalue weighted by Gasteiger charge is -2.07. The summed E-state index contributed by atoms with van der Waals surface area (Å²) in [5, 5.41) is 13.2. The van der Waals surface area contributed by atoms with Crippen molar-refractivity contribution in [3.63, 3.8) is 0 Å². The lowest BCUT2D eigenvalue weighted by atomic mass is 10.1. The number of rotatable bonds is 3. The number of nitrogens with zero attached hydrogens (tertiary/aromatic N) is 1. The summed E-state index contributed by atoms with van der Waals surface area (Å²) in [6.07, 6.45) is 0. The van der Waals surface area contributed by atoms with Crippen molar-refractivity contribution in [1.29, 1.82) is 0 Å². The average Bonchev–Trinajstić information content (AvgIpc) is 2.38. The number of nitrogen functional groups attached to an aromatic ring is 1. The van der Waals surface area contributed by atoms with Gasteiger partial charge in [0.05, 0.1) is 10.5 Å². The molecule has 20 heavy (non-hydrogen) atoms. The Hall–Kier alpha value is -2.96. The number of nitro groups is 1. The minimum Gasteiger partial charge on any atom is -0.398 e. The molecule has 0 bridgehead atoms. The highest BCUT2D eigenvalue weighted by Gasteiger charge is 2.17. The first kappa shape index (κ1) is 13.5. The van der Waals surface area contributed by atoms with E-state index in [1.165, 1.54) is 24.3 Å². The second-order valence-electron chi connectivity index (χ2n) is 3.96. The molecule has 0 spiro atoms. The number of carbonyl (C=O) groups is 1. The average molecular weight is 275 g/mol. The molecule has 0 fully saturated rings. The standard InChI is InChI=1S/C13H10FN3O3/c14-8-5-6-9(10(15)7-8)13(18)16-11-3-1-2-4-12(11)17(19)20/h1-7H,15H2,(H,16,18). The summed E-state index contributed by atoms with van der Waals surface area (Å²) in [7, 11) is 0. The molecular weight excluding hydrogens is 265 g/mol. The molecule has 0 radical (unpaired) electrons. The lowest BCUT2D eigenvalue weighted by Crippen LogP contribution is -2.15.